The van der Waals surface area contributed by atoms with Crippen LogP contribution in [0, 0.1) is 12.7 Å². The average Bonchev–Trinajstić information content (AvgIpc) is 2.86. The van der Waals surface area contributed by atoms with E-state index in [0.29, 0.717) is 11.3 Å². The van der Waals surface area contributed by atoms with Crippen molar-refractivity contribution in [1.82, 2.24) is 0 Å². The van der Waals surface area contributed by atoms with Crippen LogP contribution >= 0.6 is 0 Å². The number of aryl methyl sites for hydroxylation is 1. The second-order valence-electron chi connectivity index (χ2n) is 6.01. The molecular formula is C20H18FNO3. The number of Topliss-reactive ketones (excluding diaryl/α,β-unsaturated/α-hetero) is 1. The Morgan fingerprint density at radius 3 is 2.48 bits per heavy atom. The Hall–Kier alpha value is -2.95. The number of carbonyl (C=O) groups is 2. The molecule has 1 N–H and O–H groups in total. The van der Waals surface area contributed by atoms with Crippen molar-refractivity contribution in [3.8, 4) is 0 Å². The highest BCUT2D eigenvalue weighted by Gasteiger charge is 2.43. The second kappa shape index (κ2) is 6.51. The molecule has 1 heterocycles. The SMILES string of the molecule is CCC(=O)C1=C(O)C(=O)N(c2cccc(C)c2)C1c1ccc(F)cc1. The predicted molar refractivity (Wildman–Crippen MR) is 92.8 cm³/mol. The summed E-state index contributed by atoms with van der Waals surface area (Å²) in [6.07, 6.45) is 0.159. The fourth-order valence-corrected chi connectivity index (χ4v) is 3.09. The van der Waals surface area contributed by atoms with Crippen LogP contribution in [0.5, 0.6) is 0 Å². The van der Waals surface area contributed by atoms with Crippen molar-refractivity contribution in [2.75, 3.05) is 4.90 Å². The third-order valence-corrected chi connectivity index (χ3v) is 4.30. The zero-order valence-electron chi connectivity index (χ0n) is 14.0. The van der Waals surface area contributed by atoms with Gasteiger partial charge in [0.1, 0.15) is 5.82 Å². The molecule has 5 heteroatoms. The molecule has 128 valence electrons. The number of benzene rings is 2. The Morgan fingerprint density at radius 2 is 1.88 bits per heavy atom. The summed E-state index contributed by atoms with van der Waals surface area (Å²) in [5, 5.41) is 10.3. The molecule has 0 fully saturated rings. The number of amides is 1. The van der Waals surface area contributed by atoms with E-state index in [4.69, 9.17) is 0 Å². The number of hydrogen-bond acceptors (Lipinski definition) is 3. The lowest BCUT2D eigenvalue weighted by atomic mass is 9.95. The first kappa shape index (κ1) is 16.9. The average molecular weight is 339 g/mol. The molecule has 0 saturated carbocycles. The van der Waals surface area contributed by atoms with E-state index in [1.54, 1.807) is 25.1 Å². The summed E-state index contributed by atoms with van der Waals surface area (Å²) in [5.41, 5.74) is 2.14. The zero-order chi connectivity index (χ0) is 18.1. The Balaban J connectivity index is 2.18. The molecule has 0 aliphatic carbocycles. The minimum absolute atomic E-state index is 0.0561. The summed E-state index contributed by atoms with van der Waals surface area (Å²) < 4.78 is 13.3. The van der Waals surface area contributed by atoms with Crippen molar-refractivity contribution in [2.45, 2.75) is 26.3 Å². The summed E-state index contributed by atoms with van der Waals surface area (Å²) in [6, 6.07) is 12.1. The second-order valence-corrected chi connectivity index (χ2v) is 6.01. The molecule has 0 spiro atoms. The number of aliphatic hydroxyl groups excluding tert-OH is 1. The minimum atomic E-state index is -0.776. The number of carbonyl (C=O) groups excluding carboxylic acids is 2. The maximum Gasteiger partial charge on any atom is 0.294 e. The van der Waals surface area contributed by atoms with Gasteiger partial charge >= 0.3 is 0 Å². The largest absolute Gasteiger partial charge is 0.503 e. The molecule has 0 saturated heterocycles. The van der Waals surface area contributed by atoms with E-state index in [0.717, 1.165) is 5.56 Å². The van der Waals surface area contributed by atoms with Gasteiger partial charge in [-0.05, 0) is 42.3 Å². The monoisotopic (exact) mass is 339 g/mol. The smallest absolute Gasteiger partial charge is 0.294 e. The van der Waals surface area contributed by atoms with E-state index in [-0.39, 0.29) is 17.8 Å². The molecule has 1 aliphatic heterocycles. The molecule has 2 aromatic carbocycles. The molecule has 0 aromatic heterocycles. The summed E-state index contributed by atoms with van der Waals surface area (Å²) in [7, 11) is 0. The van der Waals surface area contributed by atoms with Crippen LogP contribution in [-0.2, 0) is 9.59 Å². The Labute approximate surface area is 145 Å². The van der Waals surface area contributed by atoms with E-state index in [2.05, 4.69) is 0 Å². The van der Waals surface area contributed by atoms with Gasteiger partial charge in [0.2, 0.25) is 0 Å². The number of aliphatic hydroxyl groups is 1. The normalized spacial score (nSPS) is 17.3. The van der Waals surface area contributed by atoms with Crippen molar-refractivity contribution >= 4 is 17.4 Å². The molecular weight excluding hydrogens is 321 g/mol. The lowest BCUT2D eigenvalue weighted by Gasteiger charge is -2.27. The summed E-state index contributed by atoms with van der Waals surface area (Å²) in [5.74, 6) is -1.89. The molecule has 1 amide bonds. The Kier molecular flexibility index (Phi) is 4.40. The molecule has 2 aromatic rings. The molecule has 1 atom stereocenters. The van der Waals surface area contributed by atoms with E-state index < -0.39 is 23.5 Å². The fraction of sp³-hybridized carbons (Fsp3) is 0.200. The molecule has 0 bridgehead atoms. The summed E-state index contributed by atoms with van der Waals surface area (Å²) in [4.78, 5) is 26.5. The van der Waals surface area contributed by atoms with Crippen LogP contribution in [0.1, 0.15) is 30.5 Å². The van der Waals surface area contributed by atoms with Crippen LogP contribution in [0.4, 0.5) is 10.1 Å². The zero-order valence-corrected chi connectivity index (χ0v) is 14.0. The molecule has 25 heavy (non-hydrogen) atoms. The molecule has 0 radical (unpaired) electrons. The van der Waals surface area contributed by atoms with Gasteiger partial charge in [0.05, 0.1) is 11.6 Å². The molecule has 1 unspecified atom stereocenters. The van der Waals surface area contributed by atoms with Gasteiger partial charge in [-0.3, -0.25) is 14.5 Å². The van der Waals surface area contributed by atoms with Crippen molar-refractivity contribution in [1.29, 1.82) is 0 Å². The van der Waals surface area contributed by atoms with Crippen LogP contribution < -0.4 is 4.90 Å². The Morgan fingerprint density at radius 1 is 1.20 bits per heavy atom. The van der Waals surface area contributed by atoms with Gasteiger partial charge in [0, 0.05) is 12.1 Å². The van der Waals surface area contributed by atoms with Gasteiger partial charge in [-0.15, -0.1) is 0 Å². The third kappa shape index (κ3) is 2.93. The number of halogens is 1. The third-order valence-electron chi connectivity index (χ3n) is 4.30. The molecule has 3 rings (SSSR count). The summed E-state index contributed by atoms with van der Waals surface area (Å²) >= 11 is 0. The number of rotatable bonds is 4. The van der Waals surface area contributed by atoms with Crippen LogP contribution in [0.2, 0.25) is 0 Å². The first-order chi connectivity index (χ1) is 11.9. The number of hydrogen-bond donors (Lipinski definition) is 1. The van der Waals surface area contributed by atoms with E-state index >= 15 is 0 Å². The van der Waals surface area contributed by atoms with Gasteiger partial charge in [-0.1, -0.05) is 31.2 Å². The van der Waals surface area contributed by atoms with Crippen molar-refractivity contribution in [3.05, 3.63) is 76.8 Å². The van der Waals surface area contributed by atoms with Crippen molar-refractivity contribution in [2.24, 2.45) is 0 Å². The van der Waals surface area contributed by atoms with Crippen LogP contribution in [0.15, 0.2) is 59.9 Å². The standard InChI is InChI=1S/C20H18FNO3/c1-3-16(23)17-18(13-7-9-14(21)10-8-13)22(20(25)19(17)24)15-6-4-5-12(2)11-15/h4-11,18,24H,3H2,1-2H3. The van der Waals surface area contributed by atoms with Crippen molar-refractivity contribution < 1.29 is 19.1 Å². The Bertz CT molecular complexity index is 871. The number of nitrogens with zero attached hydrogens (tertiary/aromatic N) is 1. The van der Waals surface area contributed by atoms with E-state index in [1.165, 1.54) is 29.2 Å². The van der Waals surface area contributed by atoms with E-state index in [9.17, 15) is 19.1 Å². The topological polar surface area (TPSA) is 57.6 Å². The first-order valence-electron chi connectivity index (χ1n) is 8.06. The lowest BCUT2D eigenvalue weighted by molar-refractivity contribution is -0.118. The predicted octanol–water partition coefficient (Wildman–Crippen LogP) is 4.01. The maximum atomic E-state index is 13.3. The highest BCUT2D eigenvalue weighted by molar-refractivity contribution is 6.16. The van der Waals surface area contributed by atoms with Gasteiger partial charge in [0.25, 0.3) is 5.91 Å². The van der Waals surface area contributed by atoms with Gasteiger partial charge in [0.15, 0.2) is 11.5 Å². The highest BCUT2D eigenvalue weighted by Crippen LogP contribution is 2.41. The highest BCUT2D eigenvalue weighted by atomic mass is 19.1. The fourth-order valence-electron chi connectivity index (χ4n) is 3.09. The van der Waals surface area contributed by atoms with E-state index in [1.807, 2.05) is 13.0 Å². The number of ketones is 1. The van der Waals surface area contributed by atoms with Gasteiger partial charge in [-0.2, -0.15) is 0 Å². The van der Waals surface area contributed by atoms with Gasteiger partial charge < -0.3 is 5.11 Å². The first-order valence-corrected chi connectivity index (χ1v) is 8.06. The lowest BCUT2D eigenvalue weighted by Crippen LogP contribution is -2.31. The quantitative estimate of drug-likeness (QED) is 0.915. The van der Waals surface area contributed by atoms with Crippen LogP contribution in [-0.4, -0.2) is 16.8 Å². The van der Waals surface area contributed by atoms with Gasteiger partial charge in [-0.25, -0.2) is 4.39 Å². The molecule has 4 nitrogen and oxygen atoms in total. The summed E-state index contributed by atoms with van der Waals surface area (Å²) in [6.45, 7) is 3.56. The van der Waals surface area contributed by atoms with Crippen molar-refractivity contribution in [3.63, 3.8) is 0 Å². The number of anilines is 1. The van der Waals surface area contributed by atoms with Crippen LogP contribution in [0.25, 0.3) is 0 Å². The molecule has 1 aliphatic rings. The maximum absolute atomic E-state index is 13.3. The van der Waals surface area contributed by atoms with Crippen LogP contribution in [0.3, 0.4) is 0 Å². The minimum Gasteiger partial charge on any atom is -0.503 e.